The second-order valence-corrected chi connectivity index (χ2v) is 5.60. The predicted molar refractivity (Wildman–Crippen MR) is 83.8 cm³/mol. The lowest BCUT2D eigenvalue weighted by Gasteiger charge is -2.06. The first kappa shape index (κ1) is 15.3. The summed E-state index contributed by atoms with van der Waals surface area (Å²) in [5.41, 5.74) is 2.45. The van der Waals surface area contributed by atoms with Gasteiger partial charge in [0.05, 0.1) is 0 Å². The number of carboxylic acids is 1. The van der Waals surface area contributed by atoms with Gasteiger partial charge in [0, 0.05) is 22.3 Å². The Balaban J connectivity index is 2.12. The fourth-order valence-corrected chi connectivity index (χ4v) is 2.82. The summed E-state index contributed by atoms with van der Waals surface area (Å²) in [7, 11) is 0. The van der Waals surface area contributed by atoms with E-state index in [4.69, 9.17) is 5.11 Å². The number of benzene rings is 2. The Kier molecular flexibility index (Phi) is 5.17. The van der Waals surface area contributed by atoms with E-state index in [1.807, 2.05) is 25.1 Å². The molecule has 0 fully saturated rings. The molecule has 0 aromatic heterocycles. The Morgan fingerprint density at radius 1 is 1.29 bits per heavy atom. The maximum atomic E-state index is 13.6. The highest BCUT2D eigenvalue weighted by Gasteiger charge is 2.04. The molecule has 2 rings (SSSR count). The number of hydrogen-bond donors (Lipinski definition) is 1. The number of hydrogen-bond acceptors (Lipinski definition) is 2. The molecule has 4 heteroatoms. The molecule has 0 aliphatic carbocycles. The lowest BCUT2D eigenvalue weighted by atomic mass is 10.1. The van der Waals surface area contributed by atoms with Gasteiger partial charge in [-0.2, -0.15) is 0 Å². The standard InChI is InChI=1S/C17H15FO2S/c1-12-4-2-3-5-16(12)21-11-13-6-8-15(18)14(10-13)7-9-17(19)20/h2-10H,11H2,1H3,(H,19,20). The molecule has 21 heavy (non-hydrogen) atoms. The third kappa shape index (κ3) is 4.46. The minimum atomic E-state index is -1.09. The summed E-state index contributed by atoms with van der Waals surface area (Å²) in [6.07, 6.45) is 2.22. The van der Waals surface area contributed by atoms with Crippen molar-refractivity contribution >= 4 is 23.8 Å². The molecule has 0 aliphatic rings. The van der Waals surface area contributed by atoms with E-state index in [0.717, 1.165) is 11.6 Å². The molecule has 2 aromatic carbocycles. The number of thioether (sulfide) groups is 1. The first-order valence-electron chi connectivity index (χ1n) is 6.44. The van der Waals surface area contributed by atoms with Gasteiger partial charge in [-0.05, 0) is 42.3 Å². The summed E-state index contributed by atoms with van der Waals surface area (Å²) in [4.78, 5) is 11.7. The number of carbonyl (C=O) groups is 1. The fraction of sp³-hybridized carbons (Fsp3) is 0.118. The van der Waals surface area contributed by atoms with E-state index in [1.165, 1.54) is 22.6 Å². The zero-order chi connectivity index (χ0) is 15.2. The van der Waals surface area contributed by atoms with Crippen LogP contribution < -0.4 is 0 Å². The number of rotatable bonds is 5. The molecule has 0 spiro atoms. The van der Waals surface area contributed by atoms with Crippen molar-refractivity contribution in [3.63, 3.8) is 0 Å². The van der Waals surface area contributed by atoms with Crippen LogP contribution in [0.25, 0.3) is 6.08 Å². The molecule has 0 atom stereocenters. The Labute approximate surface area is 127 Å². The highest BCUT2D eigenvalue weighted by Crippen LogP contribution is 2.26. The van der Waals surface area contributed by atoms with E-state index in [2.05, 4.69) is 6.07 Å². The lowest BCUT2D eigenvalue weighted by Crippen LogP contribution is -1.90. The minimum absolute atomic E-state index is 0.292. The van der Waals surface area contributed by atoms with Crippen LogP contribution >= 0.6 is 11.8 Å². The van der Waals surface area contributed by atoms with Gasteiger partial charge >= 0.3 is 5.97 Å². The van der Waals surface area contributed by atoms with Crippen molar-refractivity contribution in [2.45, 2.75) is 17.6 Å². The zero-order valence-electron chi connectivity index (χ0n) is 11.5. The molecule has 0 saturated heterocycles. The van der Waals surface area contributed by atoms with Crippen LogP contribution in [0.15, 0.2) is 53.4 Å². The molecular weight excluding hydrogens is 287 g/mol. The van der Waals surface area contributed by atoms with Crippen molar-refractivity contribution in [1.82, 2.24) is 0 Å². The average molecular weight is 302 g/mol. The van der Waals surface area contributed by atoms with E-state index in [1.54, 1.807) is 23.9 Å². The Bertz CT molecular complexity index is 680. The van der Waals surface area contributed by atoms with E-state index in [9.17, 15) is 9.18 Å². The Morgan fingerprint density at radius 3 is 2.76 bits per heavy atom. The molecule has 0 saturated carbocycles. The SMILES string of the molecule is Cc1ccccc1SCc1ccc(F)c(C=CC(=O)O)c1. The van der Waals surface area contributed by atoms with Crippen molar-refractivity contribution in [3.05, 3.63) is 71.0 Å². The van der Waals surface area contributed by atoms with E-state index in [0.29, 0.717) is 11.3 Å². The van der Waals surface area contributed by atoms with Gasteiger partial charge in [-0.15, -0.1) is 11.8 Å². The largest absolute Gasteiger partial charge is 0.478 e. The van der Waals surface area contributed by atoms with Gasteiger partial charge in [0.25, 0.3) is 0 Å². The van der Waals surface area contributed by atoms with E-state index >= 15 is 0 Å². The van der Waals surface area contributed by atoms with Crippen molar-refractivity contribution in [2.75, 3.05) is 0 Å². The summed E-state index contributed by atoms with van der Waals surface area (Å²) in [5, 5.41) is 8.60. The van der Waals surface area contributed by atoms with Gasteiger partial charge in [-0.1, -0.05) is 24.3 Å². The summed E-state index contributed by atoms with van der Waals surface area (Å²) in [6, 6.07) is 12.9. The van der Waals surface area contributed by atoms with Crippen LogP contribution in [0.3, 0.4) is 0 Å². The van der Waals surface area contributed by atoms with Crippen LogP contribution in [-0.2, 0) is 10.5 Å². The molecule has 0 bridgehead atoms. The van der Waals surface area contributed by atoms with Crippen LogP contribution in [0.1, 0.15) is 16.7 Å². The topological polar surface area (TPSA) is 37.3 Å². The van der Waals surface area contributed by atoms with E-state index < -0.39 is 11.8 Å². The highest BCUT2D eigenvalue weighted by molar-refractivity contribution is 7.98. The van der Waals surface area contributed by atoms with Crippen molar-refractivity contribution in [3.8, 4) is 0 Å². The summed E-state index contributed by atoms with van der Waals surface area (Å²) in [6.45, 7) is 2.05. The number of aryl methyl sites for hydroxylation is 1. The molecule has 1 N–H and O–H groups in total. The molecule has 108 valence electrons. The third-order valence-electron chi connectivity index (χ3n) is 2.95. The van der Waals surface area contributed by atoms with Crippen LogP contribution in [0, 0.1) is 12.7 Å². The van der Waals surface area contributed by atoms with Gasteiger partial charge < -0.3 is 5.11 Å². The summed E-state index contributed by atoms with van der Waals surface area (Å²) in [5.74, 6) is -0.801. The molecule has 0 radical (unpaired) electrons. The number of halogens is 1. The minimum Gasteiger partial charge on any atom is -0.478 e. The fourth-order valence-electron chi connectivity index (χ4n) is 1.85. The van der Waals surface area contributed by atoms with Crippen molar-refractivity contribution in [2.24, 2.45) is 0 Å². The molecular formula is C17H15FO2S. The highest BCUT2D eigenvalue weighted by atomic mass is 32.2. The first-order valence-corrected chi connectivity index (χ1v) is 7.42. The van der Waals surface area contributed by atoms with Crippen LogP contribution in [0.2, 0.25) is 0 Å². The normalized spacial score (nSPS) is 11.0. The molecule has 0 amide bonds. The third-order valence-corrected chi connectivity index (χ3v) is 4.20. The van der Waals surface area contributed by atoms with Crippen LogP contribution in [-0.4, -0.2) is 11.1 Å². The maximum Gasteiger partial charge on any atom is 0.328 e. The second-order valence-electron chi connectivity index (χ2n) is 4.58. The zero-order valence-corrected chi connectivity index (χ0v) is 12.4. The van der Waals surface area contributed by atoms with Gasteiger partial charge in [0.15, 0.2) is 0 Å². The predicted octanol–water partition coefficient (Wildman–Crippen LogP) is 4.52. The first-order chi connectivity index (χ1) is 10.1. The van der Waals surface area contributed by atoms with Gasteiger partial charge in [0.2, 0.25) is 0 Å². The van der Waals surface area contributed by atoms with Gasteiger partial charge in [-0.25, -0.2) is 9.18 Å². The quantitative estimate of drug-likeness (QED) is 0.651. The van der Waals surface area contributed by atoms with Gasteiger partial charge in [-0.3, -0.25) is 0 Å². The average Bonchev–Trinajstić information content (AvgIpc) is 2.46. The van der Waals surface area contributed by atoms with Crippen molar-refractivity contribution in [1.29, 1.82) is 0 Å². The smallest absolute Gasteiger partial charge is 0.328 e. The number of aliphatic carboxylic acids is 1. The number of carboxylic acid groups (broad SMARTS) is 1. The van der Waals surface area contributed by atoms with Crippen LogP contribution in [0.5, 0.6) is 0 Å². The molecule has 0 heterocycles. The van der Waals surface area contributed by atoms with Gasteiger partial charge in [0.1, 0.15) is 5.82 Å². The second kappa shape index (κ2) is 7.09. The van der Waals surface area contributed by atoms with E-state index in [-0.39, 0.29) is 0 Å². The maximum absolute atomic E-state index is 13.6. The Morgan fingerprint density at radius 2 is 2.05 bits per heavy atom. The monoisotopic (exact) mass is 302 g/mol. The molecule has 0 unspecified atom stereocenters. The summed E-state index contributed by atoms with van der Waals surface area (Å²) >= 11 is 1.68. The Hall–Kier alpha value is -2.07. The molecule has 0 aliphatic heterocycles. The van der Waals surface area contributed by atoms with Crippen molar-refractivity contribution < 1.29 is 14.3 Å². The van der Waals surface area contributed by atoms with Crippen LogP contribution in [0.4, 0.5) is 4.39 Å². The lowest BCUT2D eigenvalue weighted by molar-refractivity contribution is -0.131. The molecule has 2 aromatic rings. The summed E-state index contributed by atoms with van der Waals surface area (Å²) < 4.78 is 13.6. The molecule has 2 nitrogen and oxygen atoms in total.